The number of aryl methyl sites for hydroxylation is 1. The van der Waals surface area contributed by atoms with Gasteiger partial charge in [-0.3, -0.25) is 0 Å². The number of aliphatic hydroxyl groups excluding tert-OH is 1. The Morgan fingerprint density at radius 1 is 1.07 bits per heavy atom. The monoisotopic (exact) mass is 419 g/mol. The van der Waals surface area contributed by atoms with Gasteiger partial charge in [0.05, 0.1) is 17.9 Å². The SMILES string of the molecule is CCOC(=O)c1c(/N=C(/c2ccccc2)C(O)c2ccccc2)sc2c1CCCC2. The smallest absolute Gasteiger partial charge is 0.341 e. The molecule has 0 bridgehead atoms. The first-order valence-electron chi connectivity index (χ1n) is 10.4. The summed E-state index contributed by atoms with van der Waals surface area (Å²) in [5.74, 6) is -0.322. The standard InChI is InChI=1S/C25H25NO3S/c1-2-29-25(28)21-19-15-9-10-16-20(19)30-24(21)26-22(17-11-5-3-6-12-17)23(27)18-13-7-4-8-14-18/h3-8,11-14,23,27H,2,9-10,15-16H2,1H3/b26-22-. The summed E-state index contributed by atoms with van der Waals surface area (Å²) in [6.45, 7) is 2.14. The molecule has 1 atom stereocenters. The highest BCUT2D eigenvalue weighted by Gasteiger charge is 2.27. The molecule has 30 heavy (non-hydrogen) atoms. The van der Waals surface area contributed by atoms with Crippen molar-refractivity contribution in [3.05, 3.63) is 87.8 Å². The Morgan fingerprint density at radius 2 is 1.73 bits per heavy atom. The average Bonchev–Trinajstić information content (AvgIpc) is 3.16. The van der Waals surface area contributed by atoms with E-state index in [-0.39, 0.29) is 5.97 Å². The second kappa shape index (κ2) is 9.37. The summed E-state index contributed by atoms with van der Waals surface area (Å²) in [4.78, 5) is 18.9. The van der Waals surface area contributed by atoms with Gasteiger partial charge in [-0.1, -0.05) is 60.7 Å². The van der Waals surface area contributed by atoms with Gasteiger partial charge in [0.2, 0.25) is 0 Å². The quantitative estimate of drug-likeness (QED) is 0.414. The molecule has 0 fully saturated rings. The second-order valence-corrected chi connectivity index (χ2v) is 8.37. The molecular weight excluding hydrogens is 394 g/mol. The van der Waals surface area contributed by atoms with Crippen molar-refractivity contribution in [3.8, 4) is 0 Å². The van der Waals surface area contributed by atoms with Crippen LogP contribution in [0.4, 0.5) is 5.00 Å². The second-order valence-electron chi connectivity index (χ2n) is 7.29. The fraction of sp³-hybridized carbons (Fsp3) is 0.280. The van der Waals surface area contributed by atoms with Gasteiger partial charge in [0.15, 0.2) is 0 Å². The normalized spacial score (nSPS) is 14.8. The van der Waals surface area contributed by atoms with E-state index >= 15 is 0 Å². The third-order valence-electron chi connectivity index (χ3n) is 5.30. The van der Waals surface area contributed by atoms with Crippen LogP contribution in [0.15, 0.2) is 65.7 Å². The van der Waals surface area contributed by atoms with E-state index in [1.54, 1.807) is 11.3 Å². The van der Waals surface area contributed by atoms with Crippen LogP contribution < -0.4 is 0 Å². The molecule has 3 aromatic rings. The molecule has 1 aliphatic rings. The van der Waals surface area contributed by atoms with Crippen molar-refractivity contribution in [2.45, 2.75) is 38.7 Å². The summed E-state index contributed by atoms with van der Waals surface area (Å²) >= 11 is 1.55. The number of thiophene rings is 1. The van der Waals surface area contributed by atoms with Gasteiger partial charge in [0, 0.05) is 4.88 Å². The summed E-state index contributed by atoms with van der Waals surface area (Å²) in [7, 11) is 0. The van der Waals surface area contributed by atoms with Crippen LogP contribution in [0, 0.1) is 0 Å². The van der Waals surface area contributed by atoms with E-state index in [1.807, 2.05) is 67.6 Å². The van der Waals surface area contributed by atoms with Crippen molar-refractivity contribution in [2.24, 2.45) is 4.99 Å². The molecule has 1 aliphatic carbocycles. The van der Waals surface area contributed by atoms with E-state index < -0.39 is 6.10 Å². The molecular formula is C25H25NO3S. The number of carbonyl (C=O) groups excluding carboxylic acids is 1. The molecule has 4 nitrogen and oxygen atoms in total. The Labute approximate surface area is 180 Å². The first kappa shape index (κ1) is 20.5. The summed E-state index contributed by atoms with van der Waals surface area (Å²) in [6, 6.07) is 19.1. The van der Waals surface area contributed by atoms with E-state index in [2.05, 4.69) is 0 Å². The topological polar surface area (TPSA) is 58.9 Å². The average molecular weight is 420 g/mol. The molecule has 0 saturated carbocycles. The highest BCUT2D eigenvalue weighted by atomic mass is 32.1. The van der Waals surface area contributed by atoms with Gasteiger partial charge in [0.25, 0.3) is 0 Å². The van der Waals surface area contributed by atoms with Crippen molar-refractivity contribution in [1.82, 2.24) is 0 Å². The molecule has 154 valence electrons. The molecule has 5 heteroatoms. The van der Waals surface area contributed by atoms with E-state index in [0.717, 1.165) is 42.4 Å². The lowest BCUT2D eigenvalue weighted by Crippen LogP contribution is -2.14. The number of hydrogen-bond acceptors (Lipinski definition) is 5. The number of carbonyl (C=O) groups is 1. The molecule has 0 spiro atoms. The first-order chi connectivity index (χ1) is 14.7. The van der Waals surface area contributed by atoms with Crippen molar-refractivity contribution in [3.63, 3.8) is 0 Å². The number of nitrogens with zero attached hydrogens (tertiary/aromatic N) is 1. The zero-order chi connectivity index (χ0) is 20.9. The maximum absolute atomic E-state index is 12.8. The van der Waals surface area contributed by atoms with Crippen LogP contribution in [0.5, 0.6) is 0 Å². The van der Waals surface area contributed by atoms with E-state index in [1.165, 1.54) is 4.88 Å². The Bertz CT molecular complexity index is 1040. The van der Waals surface area contributed by atoms with Crippen LogP contribution in [0.25, 0.3) is 0 Å². The number of esters is 1. The molecule has 4 rings (SSSR count). The third-order valence-corrected chi connectivity index (χ3v) is 6.48. The molecule has 0 saturated heterocycles. The predicted molar refractivity (Wildman–Crippen MR) is 121 cm³/mol. The maximum Gasteiger partial charge on any atom is 0.341 e. The largest absolute Gasteiger partial charge is 0.462 e. The van der Waals surface area contributed by atoms with E-state index in [0.29, 0.717) is 22.9 Å². The number of aliphatic imine (C=N–C) groups is 1. The van der Waals surface area contributed by atoms with Crippen molar-refractivity contribution in [2.75, 3.05) is 6.61 Å². The number of fused-ring (bicyclic) bond motifs is 1. The lowest BCUT2D eigenvalue weighted by atomic mass is 9.95. The molecule has 0 radical (unpaired) electrons. The van der Waals surface area contributed by atoms with Crippen LogP contribution in [0.3, 0.4) is 0 Å². The number of ether oxygens (including phenoxy) is 1. The summed E-state index contributed by atoms with van der Waals surface area (Å²) in [5, 5.41) is 11.8. The fourth-order valence-electron chi connectivity index (χ4n) is 3.84. The summed E-state index contributed by atoms with van der Waals surface area (Å²) < 4.78 is 5.36. The van der Waals surface area contributed by atoms with Gasteiger partial charge in [-0.25, -0.2) is 9.79 Å². The highest BCUT2D eigenvalue weighted by molar-refractivity contribution is 7.16. The lowest BCUT2D eigenvalue weighted by molar-refractivity contribution is 0.0526. The number of rotatable bonds is 6. The fourth-order valence-corrected chi connectivity index (χ4v) is 5.10. The Balaban J connectivity index is 1.86. The number of aliphatic hydroxyl groups is 1. The Morgan fingerprint density at radius 3 is 2.43 bits per heavy atom. The van der Waals surface area contributed by atoms with Crippen LogP contribution in [-0.2, 0) is 17.6 Å². The third kappa shape index (κ3) is 4.23. The Hall–Kier alpha value is -2.76. The van der Waals surface area contributed by atoms with Gasteiger partial charge in [-0.05, 0) is 49.3 Å². The van der Waals surface area contributed by atoms with Gasteiger partial charge in [-0.2, -0.15) is 0 Å². The predicted octanol–water partition coefficient (Wildman–Crippen LogP) is 5.66. The molecule has 1 heterocycles. The molecule has 1 aromatic heterocycles. The van der Waals surface area contributed by atoms with Crippen LogP contribution in [-0.4, -0.2) is 23.4 Å². The minimum atomic E-state index is -0.900. The zero-order valence-electron chi connectivity index (χ0n) is 17.0. The van der Waals surface area contributed by atoms with Crippen molar-refractivity contribution >= 4 is 28.0 Å². The van der Waals surface area contributed by atoms with Crippen LogP contribution >= 0.6 is 11.3 Å². The molecule has 1 unspecified atom stereocenters. The molecule has 2 aromatic carbocycles. The van der Waals surface area contributed by atoms with Crippen molar-refractivity contribution < 1.29 is 14.6 Å². The minimum Gasteiger partial charge on any atom is -0.462 e. The van der Waals surface area contributed by atoms with Gasteiger partial charge < -0.3 is 9.84 Å². The minimum absolute atomic E-state index is 0.322. The van der Waals surface area contributed by atoms with Gasteiger partial charge >= 0.3 is 5.97 Å². The molecule has 0 aliphatic heterocycles. The highest BCUT2D eigenvalue weighted by Crippen LogP contribution is 2.41. The van der Waals surface area contributed by atoms with Gasteiger partial charge in [-0.15, -0.1) is 11.3 Å². The molecule has 0 amide bonds. The number of benzene rings is 2. The maximum atomic E-state index is 12.8. The summed E-state index contributed by atoms with van der Waals surface area (Å²) in [6.07, 6.45) is 3.12. The van der Waals surface area contributed by atoms with E-state index in [4.69, 9.17) is 9.73 Å². The summed E-state index contributed by atoms with van der Waals surface area (Å²) in [5.41, 5.74) is 3.77. The van der Waals surface area contributed by atoms with Crippen molar-refractivity contribution in [1.29, 1.82) is 0 Å². The Kier molecular flexibility index (Phi) is 6.41. The van der Waals surface area contributed by atoms with Crippen LogP contribution in [0.2, 0.25) is 0 Å². The first-order valence-corrected chi connectivity index (χ1v) is 11.2. The lowest BCUT2D eigenvalue weighted by Gasteiger charge is -2.15. The van der Waals surface area contributed by atoms with Gasteiger partial charge in [0.1, 0.15) is 11.1 Å². The van der Waals surface area contributed by atoms with E-state index in [9.17, 15) is 9.90 Å². The molecule has 1 N–H and O–H groups in total. The van der Waals surface area contributed by atoms with Crippen LogP contribution in [0.1, 0.15) is 57.8 Å². The number of hydrogen-bond donors (Lipinski definition) is 1. The zero-order valence-corrected chi connectivity index (χ0v) is 17.8.